The van der Waals surface area contributed by atoms with Gasteiger partial charge < -0.3 is 15.4 Å². The molecule has 2 aromatic rings. The highest BCUT2D eigenvalue weighted by molar-refractivity contribution is 7.80. The molecule has 0 spiro atoms. The van der Waals surface area contributed by atoms with Crippen LogP contribution >= 0.6 is 12.2 Å². The molecule has 0 amide bonds. The topological polar surface area (TPSA) is 50.4 Å². The second-order valence-corrected chi connectivity index (χ2v) is 6.88. The van der Waals surface area contributed by atoms with Crippen LogP contribution in [0.25, 0.3) is 0 Å². The number of aryl methyl sites for hydroxylation is 1. The molecule has 2 aromatic carbocycles. The first kappa shape index (κ1) is 18.1. The number of carbonyl (C=O) groups excluding carboxylic acids is 1. The standard InChI is InChI=1S/C21H22N2O2S/c1-13-4-6-16(7-5-13)12-25-18-10-8-17(9-11-18)20-19(15(3)24)14(2)22-21(26)23-20/h4-11,20H,12H2,1-3H3,(H2,22,23,26). The summed E-state index contributed by atoms with van der Waals surface area (Å²) >= 11 is 5.24. The van der Waals surface area contributed by atoms with Gasteiger partial charge in [-0.3, -0.25) is 4.79 Å². The van der Waals surface area contributed by atoms with Gasteiger partial charge in [0.25, 0.3) is 0 Å². The van der Waals surface area contributed by atoms with Crippen LogP contribution in [0, 0.1) is 6.92 Å². The number of Topliss-reactive ketones (excluding diaryl/α,β-unsaturated/α-hetero) is 1. The van der Waals surface area contributed by atoms with E-state index < -0.39 is 0 Å². The summed E-state index contributed by atoms with van der Waals surface area (Å²) in [6.45, 7) is 6.03. The van der Waals surface area contributed by atoms with Crippen molar-refractivity contribution >= 4 is 23.1 Å². The molecule has 1 heterocycles. The Labute approximate surface area is 159 Å². The van der Waals surface area contributed by atoms with Gasteiger partial charge in [0, 0.05) is 11.3 Å². The van der Waals surface area contributed by atoms with E-state index in [1.807, 2.05) is 31.2 Å². The molecule has 3 rings (SSSR count). The SMILES string of the molecule is CC(=O)C1=C(C)NC(=S)NC1c1ccc(OCc2ccc(C)cc2)cc1. The predicted molar refractivity (Wildman–Crippen MR) is 107 cm³/mol. The molecule has 2 N–H and O–H groups in total. The van der Waals surface area contributed by atoms with Crippen molar-refractivity contribution in [2.24, 2.45) is 0 Å². The van der Waals surface area contributed by atoms with Crippen molar-refractivity contribution < 1.29 is 9.53 Å². The third-order valence-electron chi connectivity index (χ3n) is 4.39. The van der Waals surface area contributed by atoms with Gasteiger partial charge in [0.1, 0.15) is 12.4 Å². The molecular weight excluding hydrogens is 344 g/mol. The van der Waals surface area contributed by atoms with Crippen LogP contribution in [0.3, 0.4) is 0 Å². The smallest absolute Gasteiger partial charge is 0.171 e. The van der Waals surface area contributed by atoms with Gasteiger partial charge in [-0.15, -0.1) is 0 Å². The van der Waals surface area contributed by atoms with E-state index in [-0.39, 0.29) is 11.8 Å². The summed E-state index contributed by atoms with van der Waals surface area (Å²) < 4.78 is 5.85. The highest BCUT2D eigenvalue weighted by Crippen LogP contribution is 2.28. The lowest BCUT2D eigenvalue weighted by atomic mass is 9.93. The highest BCUT2D eigenvalue weighted by atomic mass is 32.1. The van der Waals surface area contributed by atoms with Crippen LogP contribution in [0.1, 0.15) is 36.6 Å². The fourth-order valence-corrected chi connectivity index (χ4v) is 3.29. The molecular formula is C21H22N2O2S. The summed E-state index contributed by atoms with van der Waals surface area (Å²) in [5.41, 5.74) is 4.83. The number of ether oxygens (including phenoxy) is 1. The largest absolute Gasteiger partial charge is 0.489 e. The molecule has 1 aliphatic heterocycles. The second kappa shape index (κ2) is 7.70. The van der Waals surface area contributed by atoms with Crippen molar-refractivity contribution in [1.29, 1.82) is 0 Å². The van der Waals surface area contributed by atoms with E-state index in [1.54, 1.807) is 6.92 Å². The summed E-state index contributed by atoms with van der Waals surface area (Å²) in [5, 5.41) is 6.72. The Bertz CT molecular complexity index is 855. The number of rotatable bonds is 5. The number of benzene rings is 2. The van der Waals surface area contributed by atoms with Gasteiger partial charge in [0.2, 0.25) is 0 Å². The molecule has 1 atom stereocenters. The van der Waals surface area contributed by atoms with E-state index in [0.29, 0.717) is 17.3 Å². The Hall–Kier alpha value is -2.66. The first-order chi connectivity index (χ1) is 12.4. The van der Waals surface area contributed by atoms with Crippen molar-refractivity contribution in [3.8, 4) is 5.75 Å². The van der Waals surface area contributed by atoms with Crippen LogP contribution in [0.2, 0.25) is 0 Å². The molecule has 0 fully saturated rings. The highest BCUT2D eigenvalue weighted by Gasteiger charge is 2.27. The minimum atomic E-state index is -0.243. The summed E-state index contributed by atoms with van der Waals surface area (Å²) in [5.74, 6) is 0.811. The van der Waals surface area contributed by atoms with Crippen molar-refractivity contribution in [1.82, 2.24) is 10.6 Å². The maximum absolute atomic E-state index is 12.0. The normalized spacial score (nSPS) is 16.7. The molecule has 0 saturated heterocycles. The molecule has 1 unspecified atom stereocenters. The molecule has 26 heavy (non-hydrogen) atoms. The van der Waals surface area contributed by atoms with Gasteiger partial charge in [-0.1, -0.05) is 42.0 Å². The molecule has 0 radical (unpaired) electrons. The number of hydrogen-bond acceptors (Lipinski definition) is 3. The Balaban J connectivity index is 1.74. The number of nitrogens with one attached hydrogen (secondary N) is 2. The molecule has 0 saturated carbocycles. The van der Waals surface area contributed by atoms with Gasteiger partial charge in [0.15, 0.2) is 10.9 Å². The van der Waals surface area contributed by atoms with Crippen LogP contribution in [0.4, 0.5) is 0 Å². The fourth-order valence-electron chi connectivity index (χ4n) is 3.02. The number of allylic oxidation sites excluding steroid dienone is 1. The van der Waals surface area contributed by atoms with E-state index in [4.69, 9.17) is 17.0 Å². The number of carbonyl (C=O) groups is 1. The average molecular weight is 366 g/mol. The summed E-state index contributed by atoms with van der Waals surface area (Å²) in [4.78, 5) is 12.0. The minimum Gasteiger partial charge on any atom is -0.489 e. The van der Waals surface area contributed by atoms with E-state index >= 15 is 0 Å². The minimum absolute atomic E-state index is 0.0229. The first-order valence-corrected chi connectivity index (χ1v) is 8.92. The van der Waals surface area contributed by atoms with E-state index in [1.165, 1.54) is 5.56 Å². The molecule has 134 valence electrons. The molecule has 0 bridgehead atoms. The van der Waals surface area contributed by atoms with Crippen molar-refractivity contribution in [3.05, 3.63) is 76.5 Å². The summed E-state index contributed by atoms with van der Waals surface area (Å²) in [6, 6.07) is 15.8. The van der Waals surface area contributed by atoms with Crippen molar-refractivity contribution in [2.75, 3.05) is 0 Å². The van der Waals surface area contributed by atoms with E-state index in [2.05, 4.69) is 41.8 Å². The summed E-state index contributed by atoms with van der Waals surface area (Å²) in [7, 11) is 0. The Morgan fingerprint density at radius 2 is 1.73 bits per heavy atom. The molecule has 5 heteroatoms. The van der Waals surface area contributed by atoms with Crippen molar-refractivity contribution in [2.45, 2.75) is 33.4 Å². The number of hydrogen-bond donors (Lipinski definition) is 2. The summed E-state index contributed by atoms with van der Waals surface area (Å²) in [6.07, 6.45) is 0. The number of thiocarbonyl (C=S) groups is 1. The molecule has 0 aromatic heterocycles. The van der Waals surface area contributed by atoms with Crippen LogP contribution in [-0.4, -0.2) is 10.9 Å². The van der Waals surface area contributed by atoms with Crippen LogP contribution in [-0.2, 0) is 11.4 Å². The quantitative estimate of drug-likeness (QED) is 0.785. The Morgan fingerprint density at radius 3 is 2.35 bits per heavy atom. The van der Waals surface area contributed by atoms with Gasteiger partial charge in [-0.2, -0.15) is 0 Å². The Kier molecular flexibility index (Phi) is 5.38. The zero-order chi connectivity index (χ0) is 18.7. The lowest BCUT2D eigenvalue weighted by Crippen LogP contribution is -2.44. The maximum atomic E-state index is 12.0. The van der Waals surface area contributed by atoms with Gasteiger partial charge >= 0.3 is 0 Å². The lowest BCUT2D eigenvalue weighted by molar-refractivity contribution is -0.114. The molecule has 1 aliphatic rings. The van der Waals surface area contributed by atoms with Crippen LogP contribution in [0.5, 0.6) is 5.75 Å². The van der Waals surface area contributed by atoms with E-state index in [0.717, 1.165) is 22.6 Å². The predicted octanol–water partition coefficient (Wildman–Crippen LogP) is 3.96. The fraction of sp³-hybridized carbons (Fsp3) is 0.238. The van der Waals surface area contributed by atoms with E-state index in [9.17, 15) is 4.79 Å². The lowest BCUT2D eigenvalue weighted by Gasteiger charge is -2.29. The van der Waals surface area contributed by atoms with Crippen LogP contribution < -0.4 is 15.4 Å². The number of ketones is 1. The molecule has 0 aliphatic carbocycles. The Morgan fingerprint density at radius 1 is 1.08 bits per heavy atom. The van der Waals surface area contributed by atoms with Gasteiger partial charge in [-0.05, 0) is 56.2 Å². The van der Waals surface area contributed by atoms with Gasteiger partial charge in [0.05, 0.1) is 6.04 Å². The third kappa shape index (κ3) is 4.11. The van der Waals surface area contributed by atoms with Crippen LogP contribution in [0.15, 0.2) is 59.8 Å². The van der Waals surface area contributed by atoms with Crippen molar-refractivity contribution in [3.63, 3.8) is 0 Å². The third-order valence-corrected chi connectivity index (χ3v) is 4.61. The molecule has 4 nitrogen and oxygen atoms in total. The monoisotopic (exact) mass is 366 g/mol. The zero-order valence-electron chi connectivity index (χ0n) is 15.1. The average Bonchev–Trinajstić information content (AvgIpc) is 2.60. The first-order valence-electron chi connectivity index (χ1n) is 8.51. The maximum Gasteiger partial charge on any atom is 0.171 e. The van der Waals surface area contributed by atoms with Gasteiger partial charge in [-0.25, -0.2) is 0 Å². The second-order valence-electron chi connectivity index (χ2n) is 6.47. The zero-order valence-corrected chi connectivity index (χ0v) is 15.9.